The molecule has 6 nitrogen and oxygen atoms in total. The maximum absolute atomic E-state index is 12.8. The summed E-state index contributed by atoms with van der Waals surface area (Å²) in [4.78, 5) is 27.1. The highest BCUT2D eigenvalue weighted by Crippen LogP contribution is 2.24. The fourth-order valence-electron chi connectivity index (χ4n) is 4.04. The summed E-state index contributed by atoms with van der Waals surface area (Å²) in [6.07, 6.45) is 6.84. The minimum atomic E-state index is -0.185. The predicted molar refractivity (Wildman–Crippen MR) is 105 cm³/mol. The third-order valence-corrected chi connectivity index (χ3v) is 6.11. The molecule has 2 heterocycles. The normalized spacial score (nSPS) is 19.4. The Labute approximate surface area is 163 Å². The van der Waals surface area contributed by atoms with Crippen LogP contribution in [-0.2, 0) is 28.9 Å². The van der Waals surface area contributed by atoms with Gasteiger partial charge in [-0.1, -0.05) is 29.5 Å². The van der Waals surface area contributed by atoms with Crippen LogP contribution in [0.3, 0.4) is 0 Å². The number of anilines is 1. The molecule has 1 aliphatic carbocycles. The first-order valence-electron chi connectivity index (χ1n) is 9.64. The number of rotatable bonds is 4. The summed E-state index contributed by atoms with van der Waals surface area (Å²) in [6, 6.07) is 6.48. The summed E-state index contributed by atoms with van der Waals surface area (Å²) in [5.74, 6) is -0.146. The molecule has 7 heteroatoms. The molecule has 1 aromatic carbocycles. The number of fused-ring (bicyclic) bond motifs is 1. The number of carbonyl (C=O) groups is 2. The highest BCUT2D eigenvalue weighted by Gasteiger charge is 2.29. The van der Waals surface area contributed by atoms with Gasteiger partial charge in [0.25, 0.3) is 0 Å². The van der Waals surface area contributed by atoms with E-state index in [2.05, 4.69) is 33.7 Å². The first-order valence-corrected chi connectivity index (χ1v) is 10.5. The van der Waals surface area contributed by atoms with Crippen LogP contribution in [-0.4, -0.2) is 40.0 Å². The summed E-state index contributed by atoms with van der Waals surface area (Å²) in [6.45, 7) is 1.21. The number of hydrogen-bond acceptors (Lipinski definition) is 5. The molecule has 1 N–H and O–H groups in total. The van der Waals surface area contributed by atoms with Gasteiger partial charge in [-0.25, -0.2) is 0 Å². The zero-order valence-corrected chi connectivity index (χ0v) is 16.1. The molecule has 1 fully saturated rings. The van der Waals surface area contributed by atoms with E-state index >= 15 is 0 Å². The molecule has 27 heavy (non-hydrogen) atoms. The molecule has 0 bridgehead atoms. The predicted octanol–water partition coefficient (Wildman–Crippen LogP) is 2.84. The number of benzene rings is 1. The lowest BCUT2D eigenvalue weighted by atomic mass is 9.89. The lowest BCUT2D eigenvalue weighted by Gasteiger charge is -2.32. The number of nitrogens with zero attached hydrogens (tertiary/aromatic N) is 3. The van der Waals surface area contributed by atoms with E-state index in [0.717, 1.165) is 37.8 Å². The van der Waals surface area contributed by atoms with Crippen LogP contribution in [0.15, 0.2) is 23.7 Å². The number of aryl methyl sites for hydroxylation is 2. The molecule has 2 aromatic rings. The second kappa shape index (κ2) is 8.17. The Kier molecular flexibility index (Phi) is 5.48. The topological polar surface area (TPSA) is 75.2 Å². The summed E-state index contributed by atoms with van der Waals surface area (Å²) >= 11 is 1.30. The van der Waals surface area contributed by atoms with Crippen LogP contribution in [0.4, 0.5) is 5.13 Å². The molecule has 2 amide bonds. The minimum Gasteiger partial charge on any atom is -0.342 e. The largest absolute Gasteiger partial charge is 0.342 e. The van der Waals surface area contributed by atoms with Crippen LogP contribution in [0.2, 0.25) is 0 Å². The monoisotopic (exact) mass is 384 g/mol. The molecule has 1 saturated heterocycles. The Bertz CT molecular complexity index is 821. The summed E-state index contributed by atoms with van der Waals surface area (Å²) in [5, 5.41) is 10.9. The highest BCUT2D eigenvalue weighted by atomic mass is 32.1. The fourth-order valence-corrected chi connectivity index (χ4v) is 4.48. The van der Waals surface area contributed by atoms with Crippen LogP contribution < -0.4 is 5.32 Å². The van der Waals surface area contributed by atoms with Crippen LogP contribution >= 0.6 is 11.3 Å². The maximum atomic E-state index is 12.8. The number of likely N-dealkylation sites (tertiary alicyclic amines) is 1. The van der Waals surface area contributed by atoms with Crippen molar-refractivity contribution in [3.63, 3.8) is 0 Å². The lowest BCUT2D eigenvalue weighted by molar-refractivity contribution is -0.133. The number of nitrogens with one attached hydrogen (secondary N) is 1. The van der Waals surface area contributed by atoms with Gasteiger partial charge >= 0.3 is 0 Å². The molecule has 0 saturated carbocycles. The Balaban J connectivity index is 1.36. The van der Waals surface area contributed by atoms with E-state index in [9.17, 15) is 9.59 Å². The summed E-state index contributed by atoms with van der Waals surface area (Å²) in [7, 11) is 0. The van der Waals surface area contributed by atoms with Gasteiger partial charge in [-0.3, -0.25) is 9.59 Å². The molecule has 1 atom stereocenters. The van der Waals surface area contributed by atoms with Crippen LogP contribution in [0, 0.1) is 5.92 Å². The maximum Gasteiger partial charge on any atom is 0.231 e. The molecule has 1 aromatic heterocycles. The molecular formula is C20H24N4O2S. The number of hydrogen-bond donors (Lipinski definition) is 1. The second-order valence-electron chi connectivity index (χ2n) is 7.40. The van der Waals surface area contributed by atoms with Gasteiger partial charge in [0.2, 0.25) is 16.9 Å². The standard InChI is InChI=1S/C20H24N4O2S/c25-18(11-14-7-8-15-4-1-2-5-16(15)10-14)24-9-3-6-17(12-24)19(26)22-20-23-21-13-27-20/h7-8,10,13,17H,1-6,9,11-12H2,(H,22,23,26)/t17-/m0/s1. The zero-order valence-electron chi connectivity index (χ0n) is 15.3. The van der Waals surface area contributed by atoms with E-state index in [1.165, 1.54) is 35.3 Å². The summed E-state index contributed by atoms with van der Waals surface area (Å²) in [5.41, 5.74) is 5.51. The molecular weight excluding hydrogens is 360 g/mol. The van der Waals surface area contributed by atoms with Crippen molar-refractivity contribution in [1.82, 2.24) is 15.1 Å². The number of aromatic nitrogens is 2. The molecule has 2 aliphatic rings. The van der Waals surface area contributed by atoms with Crippen molar-refractivity contribution in [3.8, 4) is 0 Å². The molecule has 142 valence electrons. The quantitative estimate of drug-likeness (QED) is 0.880. The second-order valence-corrected chi connectivity index (χ2v) is 8.23. The molecule has 4 rings (SSSR count). The van der Waals surface area contributed by atoms with Crippen molar-refractivity contribution in [2.24, 2.45) is 5.92 Å². The van der Waals surface area contributed by atoms with Crippen molar-refractivity contribution >= 4 is 28.3 Å². The van der Waals surface area contributed by atoms with Gasteiger partial charge in [0, 0.05) is 13.1 Å². The Morgan fingerprint density at radius 1 is 1.19 bits per heavy atom. The van der Waals surface area contributed by atoms with Crippen molar-refractivity contribution in [1.29, 1.82) is 0 Å². The van der Waals surface area contributed by atoms with E-state index in [-0.39, 0.29) is 17.7 Å². The molecule has 1 aliphatic heterocycles. The van der Waals surface area contributed by atoms with E-state index in [4.69, 9.17) is 0 Å². The number of piperidine rings is 1. The van der Waals surface area contributed by atoms with Crippen LogP contribution in [0.25, 0.3) is 0 Å². The minimum absolute atomic E-state index is 0.0713. The van der Waals surface area contributed by atoms with E-state index in [1.807, 2.05) is 4.90 Å². The Morgan fingerprint density at radius 2 is 2.04 bits per heavy atom. The highest BCUT2D eigenvalue weighted by molar-refractivity contribution is 7.13. The van der Waals surface area contributed by atoms with Gasteiger partial charge in [-0.15, -0.1) is 10.2 Å². The molecule has 0 unspecified atom stereocenters. The fraction of sp³-hybridized carbons (Fsp3) is 0.500. The third-order valence-electron chi connectivity index (χ3n) is 5.50. The number of amides is 2. The van der Waals surface area contributed by atoms with Gasteiger partial charge in [0.1, 0.15) is 5.51 Å². The average molecular weight is 385 g/mol. The van der Waals surface area contributed by atoms with E-state index in [0.29, 0.717) is 18.1 Å². The first-order chi connectivity index (χ1) is 13.2. The van der Waals surface area contributed by atoms with Gasteiger partial charge in [-0.2, -0.15) is 0 Å². The van der Waals surface area contributed by atoms with Gasteiger partial charge in [0.15, 0.2) is 0 Å². The Morgan fingerprint density at radius 3 is 2.85 bits per heavy atom. The van der Waals surface area contributed by atoms with Crippen LogP contribution in [0.1, 0.15) is 42.4 Å². The number of carbonyl (C=O) groups excluding carboxylic acids is 2. The third kappa shape index (κ3) is 4.35. The zero-order chi connectivity index (χ0) is 18.6. The SMILES string of the molecule is O=C(Nc1nncs1)[C@H]1CCCN(C(=O)Cc2ccc3c(c2)CCCC3)C1. The Hall–Kier alpha value is -2.28. The van der Waals surface area contributed by atoms with Crippen molar-refractivity contribution < 1.29 is 9.59 Å². The van der Waals surface area contributed by atoms with Crippen molar-refractivity contribution in [2.45, 2.75) is 44.9 Å². The van der Waals surface area contributed by atoms with Crippen LogP contribution in [0.5, 0.6) is 0 Å². The van der Waals surface area contributed by atoms with E-state index < -0.39 is 0 Å². The smallest absolute Gasteiger partial charge is 0.231 e. The van der Waals surface area contributed by atoms with Gasteiger partial charge < -0.3 is 10.2 Å². The lowest BCUT2D eigenvalue weighted by Crippen LogP contribution is -2.44. The van der Waals surface area contributed by atoms with E-state index in [1.54, 1.807) is 5.51 Å². The van der Waals surface area contributed by atoms with Gasteiger partial charge in [0.05, 0.1) is 12.3 Å². The average Bonchev–Trinajstić information content (AvgIpc) is 3.21. The van der Waals surface area contributed by atoms with Crippen molar-refractivity contribution in [2.75, 3.05) is 18.4 Å². The van der Waals surface area contributed by atoms with Gasteiger partial charge in [-0.05, 0) is 55.2 Å². The molecule has 0 spiro atoms. The summed E-state index contributed by atoms with van der Waals surface area (Å²) < 4.78 is 0. The first kappa shape index (κ1) is 18.1. The molecule has 0 radical (unpaired) electrons. The van der Waals surface area contributed by atoms with Crippen molar-refractivity contribution in [3.05, 3.63) is 40.4 Å².